The number of aliphatic hydroxyl groups is 1. The fourth-order valence-electron chi connectivity index (χ4n) is 2.71. The molecule has 19 heavy (non-hydrogen) atoms. The van der Waals surface area contributed by atoms with E-state index in [1.807, 2.05) is 0 Å². The first-order valence-corrected chi connectivity index (χ1v) is 8.77. The largest absolute Gasteiger partial charge is 0.395 e. The summed E-state index contributed by atoms with van der Waals surface area (Å²) in [4.78, 5) is 0.0150. The highest BCUT2D eigenvalue weighted by atomic mass is 32.2. The first-order valence-electron chi connectivity index (χ1n) is 6.86. The molecule has 1 fully saturated rings. The van der Waals surface area contributed by atoms with Crippen molar-refractivity contribution in [3.63, 3.8) is 0 Å². The van der Waals surface area contributed by atoms with Gasteiger partial charge < -0.3 is 10.8 Å². The molecule has 1 saturated carbocycles. The lowest BCUT2D eigenvalue weighted by atomic mass is 9.95. The topological polar surface area (TPSA) is 83.6 Å². The molecule has 0 aromatic carbocycles. The Morgan fingerprint density at radius 3 is 2.42 bits per heavy atom. The lowest BCUT2D eigenvalue weighted by molar-refractivity contribution is 0.199. The molecule has 0 aromatic heterocycles. The van der Waals surface area contributed by atoms with Gasteiger partial charge in [-0.2, -0.15) is 4.31 Å². The molecule has 5 nitrogen and oxygen atoms in total. The van der Waals surface area contributed by atoms with Crippen LogP contribution in [-0.4, -0.2) is 47.3 Å². The van der Waals surface area contributed by atoms with Gasteiger partial charge in [0.1, 0.15) is 5.25 Å². The van der Waals surface area contributed by atoms with E-state index in [1.54, 1.807) is 6.92 Å². The van der Waals surface area contributed by atoms with E-state index in [2.05, 4.69) is 0 Å². The van der Waals surface area contributed by atoms with Crippen LogP contribution in [0.5, 0.6) is 0 Å². The van der Waals surface area contributed by atoms with Gasteiger partial charge in [0, 0.05) is 12.6 Å². The van der Waals surface area contributed by atoms with Gasteiger partial charge in [0.05, 0.1) is 11.6 Å². The van der Waals surface area contributed by atoms with Crippen LogP contribution in [0.15, 0.2) is 0 Å². The Morgan fingerprint density at radius 1 is 1.42 bits per heavy atom. The van der Waals surface area contributed by atoms with Crippen LogP contribution in [0.1, 0.15) is 45.4 Å². The van der Waals surface area contributed by atoms with E-state index in [-0.39, 0.29) is 24.2 Å². The number of hydrogen-bond donors (Lipinski definition) is 2. The summed E-state index contributed by atoms with van der Waals surface area (Å²) in [5.74, 6) is 0. The highest BCUT2D eigenvalue weighted by Crippen LogP contribution is 2.26. The van der Waals surface area contributed by atoms with E-state index in [4.69, 9.17) is 23.1 Å². The van der Waals surface area contributed by atoms with Gasteiger partial charge in [0.25, 0.3) is 0 Å². The zero-order valence-corrected chi connectivity index (χ0v) is 13.0. The second-order valence-electron chi connectivity index (χ2n) is 4.97. The third-order valence-electron chi connectivity index (χ3n) is 3.68. The first kappa shape index (κ1) is 16.8. The molecule has 1 aliphatic rings. The van der Waals surface area contributed by atoms with Crippen LogP contribution in [0, 0.1) is 0 Å². The monoisotopic (exact) mass is 308 g/mol. The molecule has 0 bridgehead atoms. The molecule has 3 N–H and O–H groups in total. The number of rotatable bonds is 7. The minimum Gasteiger partial charge on any atom is -0.395 e. The average molecular weight is 308 g/mol. The first-order chi connectivity index (χ1) is 8.95. The highest BCUT2D eigenvalue weighted by molar-refractivity contribution is 7.92. The molecule has 0 spiro atoms. The van der Waals surface area contributed by atoms with Crippen molar-refractivity contribution in [3.8, 4) is 0 Å². The van der Waals surface area contributed by atoms with E-state index < -0.39 is 15.3 Å². The quantitative estimate of drug-likeness (QED) is 0.686. The van der Waals surface area contributed by atoms with E-state index in [1.165, 1.54) is 4.31 Å². The minimum atomic E-state index is -3.57. The van der Waals surface area contributed by atoms with E-state index >= 15 is 0 Å². The molecule has 0 saturated heterocycles. The third-order valence-corrected chi connectivity index (χ3v) is 6.55. The van der Waals surface area contributed by atoms with Crippen LogP contribution < -0.4 is 5.73 Å². The van der Waals surface area contributed by atoms with Crippen molar-refractivity contribution in [2.75, 3.05) is 13.2 Å². The SMILES string of the molecule is CCC(C(N)=S)S(=O)(=O)N(CCO)C1CCCCC1. The maximum Gasteiger partial charge on any atom is 0.223 e. The molecule has 1 aliphatic carbocycles. The normalized spacial score (nSPS) is 19.5. The number of hydrogen-bond acceptors (Lipinski definition) is 4. The molecule has 0 amide bonds. The number of nitrogens with two attached hydrogens (primary N) is 1. The molecule has 1 atom stereocenters. The predicted octanol–water partition coefficient (Wildman–Crippen LogP) is 1.01. The lowest BCUT2D eigenvalue weighted by Gasteiger charge is -2.35. The van der Waals surface area contributed by atoms with Crippen LogP contribution >= 0.6 is 12.2 Å². The number of nitrogens with zero attached hydrogens (tertiary/aromatic N) is 1. The summed E-state index contributed by atoms with van der Waals surface area (Å²) >= 11 is 4.88. The summed E-state index contributed by atoms with van der Waals surface area (Å²) in [6, 6.07) is -0.0192. The van der Waals surface area contributed by atoms with Crippen LogP contribution in [-0.2, 0) is 10.0 Å². The van der Waals surface area contributed by atoms with Gasteiger partial charge in [-0.1, -0.05) is 38.4 Å². The second kappa shape index (κ2) is 7.52. The molecule has 0 aliphatic heterocycles. The summed E-state index contributed by atoms with van der Waals surface area (Å²) in [6.07, 6.45) is 5.29. The minimum absolute atomic E-state index is 0.0150. The van der Waals surface area contributed by atoms with Crippen LogP contribution in [0.4, 0.5) is 0 Å². The van der Waals surface area contributed by atoms with E-state index in [0.29, 0.717) is 6.42 Å². The zero-order valence-electron chi connectivity index (χ0n) is 11.4. The maximum absolute atomic E-state index is 12.6. The Balaban J connectivity index is 2.98. The molecule has 7 heteroatoms. The van der Waals surface area contributed by atoms with Crippen LogP contribution in [0.3, 0.4) is 0 Å². The smallest absolute Gasteiger partial charge is 0.223 e. The standard InChI is InChI=1S/C12H24N2O3S2/c1-2-11(12(13)18)19(16,17)14(8-9-15)10-6-4-3-5-7-10/h10-11,15H,2-9H2,1H3,(H2,13,18). The summed E-state index contributed by atoms with van der Waals surface area (Å²) in [5, 5.41) is 8.33. The van der Waals surface area contributed by atoms with Gasteiger partial charge in [0.2, 0.25) is 10.0 Å². The second-order valence-corrected chi connectivity index (χ2v) is 7.51. The maximum atomic E-state index is 12.6. The molecule has 0 heterocycles. The lowest BCUT2D eigenvalue weighted by Crippen LogP contribution is -2.50. The Bertz CT molecular complexity index is 392. The molecule has 0 radical (unpaired) electrons. The third kappa shape index (κ3) is 4.11. The number of aliphatic hydroxyl groups excluding tert-OH is 1. The molecule has 0 aromatic rings. The summed E-state index contributed by atoms with van der Waals surface area (Å²) < 4.78 is 26.7. The van der Waals surface area contributed by atoms with Crippen molar-refractivity contribution in [1.82, 2.24) is 4.31 Å². The Morgan fingerprint density at radius 2 is 2.00 bits per heavy atom. The van der Waals surface area contributed by atoms with Gasteiger partial charge in [0.15, 0.2) is 0 Å². The molecule has 112 valence electrons. The van der Waals surface area contributed by atoms with Crippen molar-refractivity contribution in [1.29, 1.82) is 0 Å². The summed E-state index contributed by atoms with van der Waals surface area (Å²) in [7, 11) is -3.57. The summed E-state index contributed by atoms with van der Waals surface area (Å²) in [6.45, 7) is 1.72. The predicted molar refractivity (Wildman–Crippen MR) is 80.4 cm³/mol. The van der Waals surface area contributed by atoms with Crippen molar-refractivity contribution >= 4 is 27.2 Å². The zero-order chi connectivity index (χ0) is 14.5. The van der Waals surface area contributed by atoms with Crippen LogP contribution in [0.2, 0.25) is 0 Å². The fraction of sp³-hybridized carbons (Fsp3) is 0.917. The van der Waals surface area contributed by atoms with E-state index in [0.717, 1.165) is 32.1 Å². The average Bonchev–Trinajstić information content (AvgIpc) is 2.36. The van der Waals surface area contributed by atoms with Gasteiger partial charge >= 0.3 is 0 Å². The number of thiocarbonyl (C=S) groups is 1. The molecule has 1 rings (SSSR count). The molecule has 1 unspecified atom stereocenters. The molecular weight excluding hydrogens is 284 g/mol. The molecular formula is C12H24N2O3S2. The van der Waals surface area contributed by atoms with Crippen molar-refractivity contribution < 1.29 is 13.5 Å². The van der Waals surface area contributed by atoms with Gasteiger partial charge in [-0.05, 0) is 19.3 Å². The Labute approximate surface area is 121 Å². The Kier molecular flexibility index (Phi) is 6.65. The number of sulfonamides is 1. The van der Waals surface area contributed by atoms with Gasteiger partial charge in [-0.3, -0.25) is 0 Å². The van der Waals surface area contributed by atoms with Gasteiger partial charge in [-0.15, -0.1) is 0 Å². The fourth-order valence-corrected chi connectivity index (χ4v) is 5.24. The Hall–Kier alpha value is -0.240. The van der Waals surface area contributed by atoms with Crippen molar-refractivity contribution in [2.45, 2.75) is 56.7 Å². The highest BCUT2D eigenvalue weighted by Gasteiger charge is 2.37. The van der Waals surface area contributed by atoms with Crippen molar-refractivity contribution in [2.24, 2.45) is 5.73 Å². The van der Waals surface area contributed by atoms with Gasteiger partial charge in [-0.25, -0.2) is 8.42 Å². The van der Waals surface area contributed by atoms with E-state index in [9.17, 15) is 8.42 Å². The van der Waals surface area contributed by atoms with Crippen LogP contribution in [0.25, 0.3) is 0 Å². The summed E-state index contributed by atoms with van der Waals surface area (Å²) in [5.41, 5.74) is 5.56. The van der Waals surface area contributed by atoms with Crippen molar-refractivity contribution in [3.05, 3.63) is 0 Å².